The number of benzene rings is 1. The molecule has 0 radical (unpaired) electrons. The monoisotopic (exact) mass is 330 g/mol. The van der Waals surface area contributed by atoms with Gasteiger partial charge in [0.2, 0.25) is 5.91 Å². The Labute approximate surface area is 142 Å². The fourth-order valence-corrected chi connectivity index (χ4v) is 2.83. The molecular weight excluding hydrogens is 304 g/mol. The summed E-state index contributed by atoms with van der Waals surface area (Å²) in [5, 5.41) is 3.90. The first-order valence-corrected chi connectivity index (χ1v) is 8.25. The smallest absolute Gasteiger partial charge is 0.329 e. The van der Waals surface area contributed by atoms with Crippen molar-refractivity contribution in [2.45, 2.75) is 47.1 Å². The Morgan fingerprint density at radius 2 is 2.00 bits per heavy atom. The van der Waals surface area contributed by atoms with Gasteiger partial charge in [-0.25, -0.2) is 4.79 Å². The molecule has 1 amide bonds. The van der Waals surface area contributed by atoms with Crippen molar-refractivity contribution in [1.82, 2.24) is 10.3 Å². The number of nitrogens with one attached hydrogen (secondary N) is 2. The van der Waals surface area contributed by atoms with Gasteiger partial charge in [0.25, 0.3) is 0 Å². The molecule has 2 N–H and O–H groups in total. The fraction of sp³-hybridized carbons (Fsp3) is 0.474. The molecule has 2 rings (SSSR count). The second kappa shape index (κ2) is 7.07. The van der Waals surface area contributed by atoms with Crippen LogP contribution >= 0.6 is 0 Å². The highest BCUT2D eigenvalue weighted by Gasteiger charge is 2.34. The summed E-state index contributed by atoms with van der Waals surface area (Å²) in [6, 6.07) is 5.32. The molecule has 0 fully saturated rings. The summed E-state index contributed by atoms with van der Waals surface area (Å²) in [6.45, 7) is 9.80. The first-order valence-electron chi connectivity index (χ1n) is 8.25. The first kappa shape index (κ1) is 18.0. The summed E-state index contributed by atoms with van der Waals surface area (Å²) in [7, 11) is 0. The molecule has 0 aliphatic carbocycles. The lowest BCUT2D eigenvalue weighted by atomic mass is 9.86. The summed E-state index contributed by atoms with van der Waals surface area (Å²) in [5.41, 5.74) is 2.64. The van der Waals surface area contributed by atoms with Gasteiger partial charge in [0.05, 0.1) is 13.0 Å². The topological polar surface area (TPSA) is 71.2 Å². The van der Waals surface area contributed by atoms with Crippen molar-refractivity contribution in [1.29, 1.82) is 0 Å². The van der Waals surface area contributed by atoms with Gasteiger partial charge in [-0.05, 0) is 36.5 Å². The standard InChI is InChI=1S/C19H26N2O3/c1-6-24-18(23)17(19(3,4)5)21-15(22)10-13-11-20-14-9-7-8-12(2)16(13)14/h7-9,11,17,20H,6,10H2,1-5H3,(H,21,22)/t17-/m1/s1. The molecule has 0 saturated heterocycles. The van der Waals surface area contributed by atoms with Crippen molar-refractivity contribution < 1.29 is 14.3 Å². The average molecular weight is 330 g/mol. The van der Waals surface area contributed by atoms with E-state index in [0.717, 1.165) is 22.0 Å². The Balaban J connectivity index is 2.17. The maximum Gasteiger partial charge on any atom is 0.329 e. The van der Waals surface area contributed by atoms with Crippen molar-refractivity contribution in [2.24, 2.45) is 5.41 Å². The Kier molecular flexibility index (Phi) is 5.32. The highest BCUT2D eigenvalue weighted by molar-refractivity contribution is 5.92. The SMILES string of the molecule is CCOC(=O)[C@@H](NC(=O)Cc1c[nH]c2cccc(C)c12)C(C)(C)C. The van der Waals surface area contributed by atoms with Crippen LogP contribution in [-0.4, -0.2) is 29.5 Å². The number of aromatic amines is 1. The number of aromatic nitrogens is 1. The molecule has 0 bridgehead atoms. The van der Waals surface area contributed by atoms with Crippen molar-refractivity contribution >= 4 is 22.8 Å². The molecule has 5 nitrogen and oxygen atoms in total. The zero-order valence-corrected chi connectivity index (χ0v) is 15.0. The van der Waals surface area contributed by atoms with Gasteiger partial charge in [0.1, 0.15) is 6.04 Å². The Bertz CT molecular complexity index is 741. The molecule has 130 valence electrons. The van der Waals surface area contributed by atoms with Crippen LogP contribution in [0.15, 0.2) is 24.4 Å². The second-order valence-corrected chi connectivity index (χ2v) is 7.11. The third-order valence-electron chi connectivity index (χ3n) is 4.04. The van der Waals surface area contributed by atoms with Crippen LogP contribution in [0.2, 0.25) is 0 Å². The van der Waals surface area contributed by atoms with E-state index in [1.54, 1.807) is 6.92 Å². The summed E-state index contributed by atoms with van der Waals surface area (Å²) in [4.78, 5) is 27.8. The van der Waals surface area contributed by atoms with E-state index in [1.807, 2.05) is 52.1 Å². The molecule has 0 spiro atoms. The van der Waals surface area contributed by atoms with Crippen LogP contribution in [0.1, 0.15) is 38.8 Å². The number of rotatable bonds is 5. The summed E-state index contributed by atoms with van der Waals surface area (Å²) in [6.07, 6.45) is 2.07. The largest absolute Gasteiger partial charge is 0.464 e. The van der Waals surface area contributed by atoms with Gasteiger partial charge in [0, 0.05) is 17.1 Å². The number of ether oxygens (including phenoxy) is 1. The Morgan fingerprint density at radius 1 is 1.29 bits per heavy atom. The molecule has 1 aromatic heterocycles. The molecule has 0 aliphatic rings. The highest BCUT2D eigenvalue weighted by Crippen LogP contribution is 2.24. The average Bonchev–Trinajstić information content (AvgIpc) is 2.88. The first-order chi connectivity index (χ1) is 11.2. The third-order valence-corrected chi connectivity index (χ3v) is 4.04. The molecule has 0 unspecified atom stereocenters. The van der Waals surface area contributed by atoms with Crippen LogP contribution in [0.25, 0.3) is 10.9 Å². The number of carbonyl (C=O) groups is 2. The summed E-state index contributed by atoms with van der Waals surface area (Å²) in [5.74, 6) is -0.583. The third kappa shape index (κ3) is 3.96. The molecule has 0 aliphatic heterocycles. The van der Waals surface area contributed by atoms with Gasteiger partial charge in [-0.1, -0.05) is 32.9 Å². The normalized spacial score (nSPS) is 12.9. The second-order valence-electron chi connectivity index (χ2n) is 7.11. The number of fused-ring (bicyclic) bond motifs is 1. The van der Waals surface area contributed by atoms with Crippen LogP contribution in [0.4, 0.5) is 0 Å². The van der Waals surface area contributed by atoms with E-state index in [-0.39, 0.29) is 12.3 Å². The number of aryl methyl sites for hydroxylation is 1. The Hall–Kier alpha value is -2.30. The van der Waals surface area contributed by atoms with Crippen LogP contribution in [0, 0.1) is 12.3 Å². The molecule has 0 saturated carbocycles. The van der Waals surface area contributed by atoms with Crippen LogP contribution in [0.3, 0.4) is 0 Å². The fourth-order valence-electron chi connectivity index (χ4n) is 2.83. The zero-order valence-electron chi connectivity index (χ0n) is 15.0. The van der Waals surface area contributed by atoms with Crippen LogP contribution in [-0.2, 0) is 20.7 Å². The van der Waals surface area contributed by atoms with Crippen LogP contribution < -0.4 is 5.32 Å². The number of carbonyl (C=O) groups excluding carboxylic acids is 2. The highest BCUT2D eigenvalue weighted by atomic mass is 16.5. The maximum atomic E-state index is 12.5. The van der Waals surface area contributed by atoms with Crippen LogP contribution in [0.5, 0.6) is 0 Å². The molecule has 1 heterocycles. The molecule has 5 heteroatoms. The minimum Gasteiger partial charge on any atom is -0.464 e. The lowest BCUT2D eigenvalue weighted by Crippen LogP contribution is -2.50. The van der Waals surface area contributed by atoms with Crippen molar-refractivity contribution in [3.8, 4) is 0 Å². The predicted molar refractivity (Wildman–Crippen MR) is 94.8 cm³/mol. The molecule has 1 aromatic carbocycles. The molecule has 2 aromatic rings. The number of hydrogen-bond acceptors (Lipinski definition) is 3. The minimum atomic E-state index is -0.670. The van der Waals surface area contributed by atoms with Gasteiger partial charge >= 0.3 is 5.97 Å². The van der Waals surface area contributed by atoms with E-state index >= 15 is 0 Å². The van der Waals surface area contributed by atoms with E-state index in [0.29, 0.717) is 6.61 Å². The van der Waals surface area contributed by atoms with E-state index in [9.17, 15) is 9.59 Å². The van der Waals surface area contributed by atoms with E-state index < -0.39 is 17.4 Å². The Morgan fingerprint density at radius 3 is 2.62 bits per heavy atom. The maximum absolute atomic E-state index is 12.5. The van der Waals surface area contributed by atoms with Gasteiger partial charge < -0.3 is 15.0 Å². The van der Waals surface area contributed by atoms with Gasteiger partial charge in [-0.15, -0.1) is 0 Å². The van der Waals surface area contributed by atoms with Crippen molar-refractivity contribution in [3.05, 3.63) is 35.5 Å². The lowest BCUT2D eigenvalue weighted by molar-refractivity contribution is -0.150. The molecular formula is C19H26N2O3. The number of amides is 1. The van der Waals surface area contributed by atoms with Crippen molar-refractivity contribution in [3.63, 3.8) is 0 Å². The zero-order chi connectivity index (χ0) is 17.9. The van der Waals surface area contributed by atoms with E-state index in [1.165, 1.54) is 0 Å². The lowest BCUT2D eigenvalue weighted by Gasteiger charge is -2.29. The number of H-pyrrole nitrogens is 1. The van der Waals surface area contributed by atoms with Gasteiger partial charge in [0.15, 0.2) is 0 Å². The minimum absolute atomic E-state index is 0.188. The predicted octanol–water partition coefficient (Wildman–Crippen LogP) is 3.11. The van der Waals surface area contributed by atoms with Crippen molar-refractivity contribution in [2.75, 3.05) is 6.61 Å². The number of esters is 1. The number of hydrogen-bond donors (Lipinski definition) is 2. The summed E-state index contributed by atoms with van der Waals surface area (Å²) >= 11 is 0. The molecule has 24 heavy (non-hydrogen) atoms. The van der Waals surface area contributed by atoms with Gasteiger partial charge in [-0.2, -0.15) is 0 Å². The quantitative estimate of drug-likeness (QED) is 0.828. The van der Waals surface area contributed by atoms with Gasteiger partial charge in [-0.3, -0.25) is 4.79 Å². The van der Waals surface area contributed by atoms with E-state index in [2.05, 4.69) is 10.3 Å². The molecule has 1 atom stereocenters. The summed E-state index contributed by atoms with van der Waals surface area (Å²) < 4.78 is 5.10. The van der Waals surface area contributed by atoms with E-state index in [4.69, 9.17) is 4.74 Å².